The van der Waals surface area contributed by atoms with Crippen molar-refractivity contribution in [3.05, 3.63) is 34.9 Å². The molecule has 106 valence electrons. The summed E-state index contributed by atoms with van der Waals surface area (Å²) in [6.07, 6.45) is 4.95. The van der Waals surface area contributed by atoms with Crippen LogP contribution in [0.25, 0.3) is 0 Å². The molecule has 2 atom stereocenters. The number of hydrogen-bond donors (Lipinski definition) is 1. The fraction of sp³-hybridized carbons (Fsp3) is 0.625. The quantitative estimate of drug-likeness (QED) is 0.910. The van der Waals surface area contributed by atoms with Crippen LogP contribution in [0.5, 0.6) is 0 Å². The van der Waals surface area contributed by atoms with Crippen LogP contribution in [-0.2, 0) is 6.42 Å². The molecule has 1 heterocycles. The second-order valence-electron chi connectivity index (χ2n) is 5.83. The van der Waals surface area contributed by atoms with Crippen LogP contribution in [0.2, 0.25) is 5.02 Å². The van der Waals surface area contributed by atoms with Crippen LogP contribution in [0.3, 0.4) is 0 Å². The second-order valence-corrected chi connectivity index (χ2v) is 6.27. The van der Waals surface area contributed by atoms with Crippen LogP contribution in [-0.4, -0.2) is 37.1 Å². The van der Waals surface area contributed by atoms with Gasteiger partial charge < -0.3 is 10.2 Å². The van der Waals surface area contributed by atoms with Crippen molar-refractivity contribution in [3.63, 3.8) is 0 Å². The molecule has 2 nitrogen and oxygen atoms in total. The maximum atomic E-state index is 5.92. The highest BCUT2D eigenvalue weighted by molar-refractivity contribution is 6.30. The highest BCUT2D eigenvalue weighted by Crippen LogP contribution is 2.13. The Morgan fingerprint density at radius 2 is 2.00 bits per heavy atom. The first-order chi connectivity index (χ1) is 9.13. The Balaban J connectivity index is 1.80. The van der Waals surface area contributed by atoms with Gasteiger partial charge in [-0.05, 0) is 70.4 Å². The number of nitrogens with one attached hydrogen (secondary N) is 1. The average molecular weight is 281 g/mol. The van der Waals surface area contributed by atoms with Crippen molar-refractivity contribution in [1.29, 1.82) is 0 Å². The van der Waals surface area contributed by atoms with Gasteiger partial charge in [0, 0.05) is 17.1 Å². The summed E-state index contributed by atoms with van der Waals surface area (Å²) in [5.41, 5.74) is 1.36. The molecule has 19 heavy (non-hydrogen) atoms. The van der Waals surface area contributed by atoms with Gasteiger partial charge in [0.2, 0.25) is 0 Å². The summed E-state index contributed by atoms with van der Waals surface area (Å²) in [7, 11) is 2.22. The first-order valence-corrected chi connectivity index (χ1v) is 7.70. The smallest absolute Gasteiger partial charge is 0.0406 e. The van der Waals surface area contributed by atoms with Crippen molar-refractivity contribution >= 4 is 11.6 Å². The van der Waals surface area contributed by atoms with Gasteiger partial charge in [-0.2, -0.15) is 0 Å². The van der Waals surface area contributed by atoms with Gasteiger partial charge in [0.1, 0.15) is 0 Å². The van der Waals surface area contributed by atoms with Crippen LogP contribution < -0.4 is 5.32 Å². The summed E-state index contributed by atoms with van der Waals surface area (Å²) >= 11 is 5.92. The lowest BCUT2D eigenvalue weighted by Crippen LogP contribution is -2.38. The van der Waals surface area contributed by atoms with Gasteiger partial charge in [0.15, 0.2) is 0 Å². The van der Waals surface area contributed by atoms with Crippen molar-refractivity contribution in [2.24, 2.45) is 0 Å². The minimum atomic E-state index is 0.523. The van der Waals surface area contributed by atoms with E-state index in [4.69, 9.17) is 11.6 Å². The zero-order valence-electron chi connectivity index (χ0n) is 12.0. The lowest BCUT2D eigenvalue weighted by Gasteiger charge is -2.22. The average Bonchev–Trinajstić information content (AvgIpc) is 2.57. The predicted molar refractivity (Wildman–Crippen MR) is 82.9 cm³/mol. The third-order valence-corrected chi connectivity index (χ3v) is 4.18. The number of halogens is 1. The molecule has 0 radical (unpaired) electrons. The Morgan fingerprint density at radius 1 is 1.26 bits per heavy atom. The largest absolute Gasteiger partial charge is 0.311 e. The van der Waals surface area contributed by atoms with Gasteiger partial charge in [0.05, 0.1) is 0 Å². The fourth-order valence-corrected chi connectivity index (χ4v) is 2.97. The van der Waals surface area contributed by atoms with Crippen LogP contribution in [0, 0.1) is 0 Å². The molecule has 0 saturated carbocycles. The maximum absolute atomic E-state index is 5.92. The standard InChI is InChI=1S/C16H25ClN2/c1-13(12-14-5-7-15(17)8-6-14)18-16-4-3-10-19(2)11-9-16/h5-8,13,16,18H,3-4,9-12H2,1-2H3. The zero-order valence-corrected chi connectivity index (χ0v) is 12.8. The fourth-order valence-electron chi connectivity index (χ4n) is 2.84. The molecule has 3 heteroatoms. The van der Waals surface area contributed by atoms with Crippen LogP contribution in [0.15, 0.2) is 24.3 Å². The topological polar surface area (TPSA) is 15.3 Å². The minimum Gasteiger partial charge on any atom is -0.311 e. The molecule has 1 aliphatic heterocycles. The SMILES string of the molecule is CC(Cc1ccc(Cl)cc1)NC1CCCN(C)CC1. The van der Waals surface area contributed by atoms with Gasteiger partial charge in [-0.1, -0.05) is 23.7 Å². The van der Waals surface area contributed by atoms with E-state index >= 15 is 0 Å². The lowest BCUT2D eigenvalue weighted by molar-refractivity contribution is 0.339. The number of nitrogens with zero attached hydrogens (tertiary/aromatic N) is 1. The molecule has 0 amide bonds. The third-order valence-electron chi connectivity index (χ3n) is 3.93. The van der Waals surface area contributed by atoms with E-state index in [9.17, 15) is 0 Å². The van der Waals surface area contributed by atoms with E-state index < -0.39 is 0 Å². The van der Waals surface area contributed by atoms with E-state index in [1.54, 1.807) is 0 Å². The van der Waals surface area contributed by atoms with Gasteiger partial charge in [-0.15, -0.1) is 0 Å². The molecule has 1 N–H and O–H groups in total. The predicted octanol–water partition coefficient (Wildman–Crippen LogP) is 3.34. The summed E-state index contributed by atoms with van der Waals surface area (Å²) < 4.78 is 0. The molecule has 2 unspecified atom stereocenters. The molecular weight excluding hydrogens is 256 g/mol. The Kier molecular flexibility index (Phi) is 5.68. The lowest BCUT2D eigenvalue weighted by atomic mass is 10.0. The monoisotopic (exact) mass is 280 g/mol. The molecule has 1 aromatic carbocycles. The molecule has 0 spiro atoms. The van der Waals surface area contributed by atoms with E-state index in [-0.39, 0.29) is 0 Å². The molecule has 1 aromatic rings. The summed E-state index contributed by atoms with van der Waals surface area (Å²) in [6.45, 7) is 4.73. The van der Waals surface area contributed by atoms with Crippen molar-refractivity contribution < 1.29 is 0 Å². The van der Waals surface area contributed by atoms with E-state index in [1.807, 2.05) is 12.1 Å². The summed E-state index contributed by atoms with van der Waals surface area (Å²) in [5.74, 6) is 0. The molecule has 1 saturated heterocycles. The number of rotatable bonds is 4. The Hall–Kier alpha value is -0.570. The molecule has 2 rings (SSSR count). The van der Waals surface area contributed by atoms with Crippen molar-refractivity contribution in [1.82, 2.24) is 10.2 Å². The van der Waals surface area contributed by atoms with Gasteiger partial charge >= 0.3 is 0 Å². The minimum absolute atomic E-state index is 0.523. The Labute approximate surface area is 122 Å². The van der Waals surface area contributed by atoms with Crippen LogP contribution >= 0.6 is 11.6 Å². The first-order valence-electron chi connectivity index (χ1n) is 7.32. The van der Waals surface area contributed by atoms with Gasteiger partial charge in [-0.25, -0.2) is 0 Å². The molecule has 0 aliphatic carbocycles. The summed E-state index contributed by atoms with van der Waals surface area (Å²) in [6, 6.07) is 9.40. The van der Waals surface area contributed by atoms with E-state index in [2.05, 4.69) is 36.3 Å². The highest BCUT2D eigenvalue weighted by atomic mass is 35.5. The zero-order chi connectivity index (χ0) is 13.7. The Morgan fingerprint density at radius 3 is 2.74 bits per heavy atom. The first kappa shape index (κ1) is 14.8. The summed E-state index contributed by atoms with van der Waals surface area (Å²) in [5, 5.41) is 4.60. The van der Waals surface area contributed by atoms with Crippen LogP contribution in [0.4, 0.5) is 0 Å². The Bertz CT molecular complexity index is 377. The molecular formula is C16H25ClN2. The molecule has 0 bridgehead atoms. The van der Waals surface area contributed by atoms with Gasteiger partial charge in [-0.3, -0.25) is 0 Å². The van der Waals surface area contributed by atoms with E-state index in [0.29, 0.717) is 12.1 Å². The third kappa shape index (κ3) is 5.13. The number of benzene rings is 1. The summed E-state index contributed by atoms with van der Waals surface area (Å²) in [4.78, 5) is 2.44. The number of likely N-dealkylation sites (tertiary alicyclic amines) is 1. The van der Waals surface area contributed by atoms with Crippen molar-refractivity contribution in [2.45, 2.75) is 44.7 Å². The number of hydrogen-bond acceptors (Lipinski definition) is 2. The van der Waals surface area contributed by atoms with Crippen molar-refractivity contribution in [3.8, 4) is 0 Å². The van der Waals surface area contributed by atoms with E-state index in [0.717, 1.165) is 11.4 Å². The van der Waals surface area contributed by atoms with E-state index in [1.165, 1.54) is 37.9 Å². The maximum Gasteiger partial charge on any atom is 0.0406 e. The highest BCUT2D eigenvalue weighted by Gasteiger charge is 2.16. The van der Waals surface area contributed by atoms with Crippen LogP contribution in [0.1, 0.15) is 31.7 Å². The molecule has 1 fully saturated rings. The molecule has 1 aliphatic rings. The molecule has 0 aromatic heterocycles. The van der Waals surface area contributed by atoms with Crippen molar-refractivity contribution in [2.75, 3.05) is 20.1 Å². The second kappa shape index (κ2) is 7.28. The van der Waals surface area contributed by atoms with Gasteiger partial charge in [0.25, 0.3) is 0 Å². The normalized spacial score (nSPS) is 23.0.